The first-order valence-electron chi connectivity index (χ1n) is 6.07. The normalized spacial score (nSPS) is 10.8. The van der Waals surface area contributed by atoms with Crippen molar-refractivity contribution in [3.63, 3.8) is 0 Å². The molecule has 0 aliphatic heterocycles. The first-order chi connectivity index (χ1) is 10.1. The Balaban J connectivity index is 2.39. The lowest BCUT2D eigenvalue weighted by Gasteiger charge is -2.06. The van der Waals surface area contributed by atoms with Crippen LogP contribution in [0.3, 0.4) is 0 Å². The maximum Gasteiger partial charge on any atom is 0.338 e. The van der Waals surface area contributed by atoms with Gasteiger partial charge in [0.25, 0.3) is 0 Å². The first-order valence-corrected chi connectivity index (χ1v) is 6.07. The van der Waals surface area contributed by atoms with E-state index in [2.05, 4.69) is 5.16 Å². The van der Waals surface area contributed by atoms with E-state index in [1.807, 2.05) is 0 Å². The summed E-state index contributed by atoms with van der Waals surface area (Å²) in [6.07, 6.45) is 3.13. The molecule has 7 nitrogen and oxygen atoms in total. The third kappa shape index (κ3) is 3.02. The van der Waals surface area contributed by atoms with Crippen molar-refractivity contribution in [1.29, 1.82) is 0 Å². The molecule has 0 fully saturated rings. The van der Waals surface area contributed by atoms with E-state index in [1.165, 1.54) is 13.0 Å². The van der Waals surface area contributed by atoms with Crippen LogP contribution in [-0.2, 0) is 0 Å². The number of methoxy groups -OCH3 is 2. The third-order valence-corrected chi connectivity index (χ3v) is 2.89. The highest BCUT2D eigenvalue weighted by atomic mass is 16.6. The van der Waals surface area contributed by atoms with Crippen LogP contribution in [0.5, 0.6) is 11.5 Å². The number of nitro groups is 1. The predicted molar refractivity (Wildman–Crippen MR) is 76.4 cm³/mol. The standard InChI is InChI=1S/C14H14N2O5/c1-9-14(16(17)18)13(21-15-9)6-4-10-8-11(19-2)5-7-12(10)20-3/h4-8H,1-3H3/b6-4+. The van der Waals surface area contributed by atoms with Crippen LogP contribution in [0.25, 0.3) is 12.2 Å². The van der Waals surface area contributed by atoms with Gasteiger partial charge in [-0.15, -0.1) is 0 Å². The second-order valence-electron chi connectivity index (χ2n) is 4.18. The molecule has 0 saturated heterocycles. The second kappa shape index (κ2) is 6.08. The zero-order valence-corrected chi connectivity index (χ0v) is 11.8. The zero-order valence-electron chi connectivity index (χ0n) is 11.8. The average Bonchev–Trinajstić information content (AvgIpc) is 2.85. The smallest absolute Gasteiger partial charge is 0.338 e. The fourth-order valence-corrected chi connectivity index (χ4v) is 1.85. The summed E-state index contributed by atoms with van der Waals surface area (Å²) < 4.78 is 15.3. The van der Waals surface area contributed by atoms with Gasteiger partial charge in [-0.25, -0.2) is 0 Å². The Kier molecular flexibility index (Phi) is 4.22. The number of ether oxygens (including phenoxy) is 2. The van der Waals surface area contributed by atoms with Crippen molar-refractivity contribution in [2.45, 2.75) is 6.92 Å². The quantitative estimate of drug-likeness (QED) is 0.621. The lowest BCUT2D eigenvalue weighted by atomic mass is 10.1. The largest absolute Gasteiger partial charge is 0.497 e. The van der Waals surface area contributed by atoms with Gasteiger partial charge < -0.3 is 14.0 Å². The minimum Gasteiger partial charge on any atom is -0.497 e. The summed E-state index contributed by atoms with van der Waals surface area (Å²) in [6, 6.07) is 5.26. The van der Waals surface area contributed by atoms with Crippen LogP contribution in [0.1, 0.15) is 17.0 Å². The van der Waals surface area contributed by atoms with E-state index in [0.29, 0.717) is 17.1 Å². The van der Waals surface area contributed by atoms with Crippen LogP contribution in [0.2, 0.25) is 0 Å². The summed E-state index contributed by atoms with van der Waals surface area (Å²) >= 11 is 0. The first kappa shape index (κ1) is 14.6. The van der Waals surface area contributed by atoms with Gasteiger partial charge in [0, 0.05) is 5.56 Å². The number of benzene rings is 1. The number of nitrogens with zero attached hydrogens (tertiary/aromatic N) is 2. The number of hydrogen-bond acceptors (Lipinski definition) is 6. The van der Waals surface area contributed by atoms with Crippen LogP contribution < -0.4 is 9.47 Å². The Morgan fingerprint density at radius 1 is 1.29 bits per heavy atom. The molecule has 2 aromatic rings. The molecule has 2 rings (SSSR count). The molecule has 0 unspecified atom stereocenters. The molecule has 0 aliphatic rings. The van der Waals surface area contributed by atoms with E-state index in [4.69, 9.17) is 14.0 Å². The molecule has 0 amide bonds. The van der Waals surface area contributed by atoms with Crippen LogP contribution in [-0.4, -0.2) is 24.3 Å². The Morgan fingerprint density at radius 2 is 2.05 bits per heavy atom. The summed E-state index contributed by atoms with van der Waals surface area (Å²) in [5.41, 5.74) is 0.797. The summed E-state index contributed by atoms with van der Waals surface area (Å²) in [6.45, 7) is 1.52. The van der Waals surface area contributed by atoms with Crippen LogP contribution in [0.4, 0.5) is 5.69 Å². The van der Waals surface area contributed by atoms with Gasteiger partial charge in [-0.3, -0.25) is 10.1 Å². The molecule has 0 bridgehead atoms. The van der Waals surface area contributed by atoms with Gasteiger partial charge in [0.15, 0.2) is 5.69 Å². The lowest BCUT2D eigenvalue weighted by Crippen LogP contribution is -1.91. The lowest BCUT2D eigenvalue weighted by molar-refractivity contribution is -0.386. The molecule has 21 heavy (non-hydrogen) atoms. The van der Waals surface area contributed by atoms with Gasteiger partial charge in [0.1, 0.15) is 11.5 Å². The maximum atomic E-state index is 11.0. The fraction of sp³-hybridized carbons (Fsp3) is 0.214. The van der Waals surface area contributed by atoms with Crippen molar-refractivity contribution in [1.82, 2.24) is 5.16 Å². The van der Waals surface area contributed by atoms with Crippen molar-refractivity contribution in [2.24, 2.45) is 0 Å². The molecule has 7 heteroatoms. The van der Waals surface area contributed by atoms with Crippen LogP contribution in [0.15, 0.2) is 22.7 Å². The average molecular weight is 290 g/mol. The Morgan fingerprint density at radius 3 is 2.67 bits per heavy atom. The zero-order chi connectivity index (χ0) is 15.4. The summed E-state index contributed by atoms with van der Waals surface area (Å²) in [5.74, 6) is 1.35. The third-order valence-electron chi connectivity index (χ3n) is 2.89. The minimum atomic E-state index is -0.520. The predicted octanol–water partition coefficient (Wildman–Crippen LogP) is 3.08. The molecule has 1 aromatic carbocycles. The van der Waals surface area contributed by atoms with Gasteiger partial charge in [0.2, 0.25) is 5.76 Å². The molecule has 0 N–H and O–H groups in total. The van der Waals surface area contributed by atoms with Crippen molar-refractivity contribution < 1.29 is 18.9 Å². The van der Waals surface area contributed by atoms with Gasteiger partial charge in [-0.05, 0) is 37.3 Å². The highest BCUT2D eigenvalue weighted by molar-refractivity contribution is 5.74. The van der Waals surface area contributed by atoms with Crippen molar-refractivity contribution in [3.8, 4) is 11.5 Å². The van der Waals surface area contributed by atoms with Gasteiger partial charge >= 0.3 is 5.69 Å². The van der Waals surface area contributed by atoms with E-state index in [1.54, 1.807) is 38.5 Å². The van der Waals surface area contributed by atoms with E-state index in [9.17, 15) is 10.1 Å². The van der Waals surface area contributed by atoms with Crippen LogP contribution in [0, 0.1) is 17.0 Å². The molecule has 1 aromatic heterocycles. The molecule has 0 saturated carbocycles. The summed E-state index contributed by atoms with van der Waals surface area (Å²) in [4.78, 5) is 10.4. The number of rotatable bonds is 5. The topological polar surface area (TPSA) is 87.6 Å². The van der Waals surface area contributed by atoms with E-state index >= 15 is 0 Å². The van der Waals surface area contributed by atoms with Crippen molar-refractivity contribution >= 4 is 17.8 Å². The monoisotopic (exact) mass is 290 g/mol. The molecular formula is C14H14N2O5. The van der Waals surface area contributed by atoms with Crippen LogP contribution >= 0.6 is 0 Å². The molecular weight excluding hydrogens is 276 g/mol. The van der Waals surface area contributed by atoms with Gasteiger partial charge in [0.05, 0.1) is 19.1 Å². The molecule has 1 heterocycles. The van der Waals surface area contributed by atoms with Gasteiger partial charge in [-0.2, -0.15) is 0 Å². The second-order valence-corrected chi connectivity index (χ2v) is 4.18. The molecule has 0 radical (unpaired) electrons. The van der Waals surface area contributed by atoms with E-state index < -0.39 is 4.92 Å². The minimum absolute atomic E-state index is 0.0855. The van der Waals surface area contributed by atoms with Crippen molar-refractivity contribution in [2.75, 3.05) is 14.2 Å². The highest BCUT2D eigenvalue weighted by Gasteiger charge is 2.22. The molecule has 110 valence electrons. The SMILES string of the molecule is COc1ccc(OC)c(/C=C/c2onc(C)c2[N+](=O)[O-])c1. The van der Waals surface area contributed by atoms with Crippen molar-refractivity contribution in [3.05, 3.63) is 45.3 Å². The Hall–Kier alpha value is -2.83. The highest BCUT2D eigenvalue weighted by Crippen LogP contribution is 2.28. The fourth-order valence-electron chi connectivity index (χ4n) is 1.85. The number of aromatic nitrogens is 1. The van der Waals surface area contributed by atoms with E-state index in [-0.39, 0.29) is 17.1 Å². The number of aryl methyl sites for hydroxylation is 1. The summed E-state index contributed by atoms with van der Waals surface area (Å²) in [7, 11) is 3.10. The van der Waals surface area contributed by atoms with Gasteiger partial charge in [-0.1, -0.05) is 5.16 Å². The maximum absolute atomic E-state index is 11.0. The molecule has 0 atom stereocenters. The number of hydrogen-bond donors (Lipinski definition) is 0. The molecule has 0 aliphatic carbocycles. The van der Waals surface area contributed by atoms with E-state index in [0.717, 1.165) is 0 Å². The molecule has 0 spiro atoms. The Labute approximate surface area is 120 Å². The summed E-state index contributed by atoms with van der Waals surface area (Å²) in [5, 5.41) is 14.6. The Bertz CT molecular complexity index is 691.